The van der Waals surface area contributed by atoms with Crippen LogP contribution in [-0.2, 0) is 17.8 Å². The minimum Gasteiger partial charge on any atom is -0.497 e. The maximum Gasteiger partial charge on any atom is 0.306 e. The number of aliphatic hydroxyl groups is 1. The molecule has 1 aliphatic rings. The summed E-state index contributed by atoms with van der Waals surface area (Å²) in [4.78, 5) is 11.6. The van der Waals surface area contributed by atoms with Gasteiger partial charge in [-0.25, -0.2) is 4.39 Å². The lowest BCUT2D eigenvalue weighted by Gasteiger charge is -2.29. The van der Waals surface area contributed by atoms with Crippen LogP contribution >= 0.6 is 0 Å². The fourth-order valence-corrected chi connectivity index (χ4v) is 5.08. The first-order valence-electron chi connectivity index (χ1n) is 12.8. The van der Waals surface area contributed by atoms with E-state index < -0.39 is 29.2 Å². The highest BCUT2D eigenvalue weighted by atomic mass is 19.1. The minimum atomic E-state index is -0.946. The van der Waals surface area contributed by atoms with E-state index in [1.54, 1.807) is 31.2 Å². The van der Waals surface area contributed by atoms with Crippen LogP contribution in [0.1, 0.15) is 61.5 Å². The number of hydrogen-bond donors (Lipinski definition) is 2. The molecule has 0 fully saturated rings. The first kappa shape index (κ1) is 27.4. The number of fused-ring (bicyclic) bond motifs is 1. The first-order chi connectivity index (χ1) is 18.1. The van der Waals surface area contributed by atoms with E-state index in [1.165, 1.54) is 13.2 Å². The summed E-state index contributed by atoms with van der Waals surface area (Å²) in [5, 5.41) is 20.8. The number of aliphatic hydroxyl groups excluding tert-OH is 1. The van der Waals surface area contributed by atoms with Crippen molar-refractivity contribution in [3.8, 4) is 22.6 Å². The number of carboxylic acid groups (broad SMARTS) is 1. The molecule has 3 aromatic carbocycles. The van der Waals surface area contributed by atoms with Gasteiger partial charge in [0.25, 0.3) is 0 Å². The molecule has 6 heteroatoms. The fourth-order valence-electron chi connectivity index (χ4n) is 5.08. The van der Waals surface area contributed by atoms with Gasteiger partial charge in [-0.2, -0.15) is 0 Å². The standard InChI is InChI=1S/C32H35FO5/c1-6-32(3,4)30(34)28-15-20(7-12-25(28)27-16-22(37-5)11-14-29(27)33)18-38-23-10-8-21-9-13-24(26(21)17-23)19(2)31(35)36/h6-8,10-12,14-17,19,24,30,34H,1,9,13,18H2,2-5H3,(H,35,36)/t19-,24+,30+/m1/s1. The molecule has 1 aliphatic carbocycles. The topological polar surface area (TPSA) is 76.0 Å². The van der Waals surface area contributed by atoms with E-state index in [1.807, 2.05) is 44.2 Å². The lowest BCUT2D eigenvalue weighted by atomic mass is 9.79. The summed E-state index contributed by atoms with van der Waals surface area (Å²) in [5.74, 6) is -0.536. The molecule has 0 spiro atoms. The van der Waals surface area contributed by atoms with Gasteiger partial charge in [-0.1, -0.05) is 45.0 Å². The first-order valence-corrected chi connectivity index (χ1v) is 12.8. The monoisotopic (exact) mass is 518 g/mol. The number of aryl methyl sites for hydroxylation is 1. The van der Waals surface area contributed by atoms with Gasteiger partial charge < -0.3 is 19.7 Å². The zero-order valence-electron chi connectivity index (χ0n) is 22.3. The second kappa shape index (κ2) is 11.0. The van der Waals surface area contributed by atoms with Crippen LogP contribution < -0.4 is 9.47 Å². The Labute approximate surface area is 223 Å². The van der Waals surface area contributed by atoms with Crippen molar-refractivity contribution in [1.29, 1.82) is 0 Å². The zero-order valence-corrected chi connectivity index (χ0v) is 22.3. The molecule has 0 aromatic heterocycles. The van der Waals surface area contributed by atoms with Gasteiger partial charge in [-0.15, -0.1) is 6.58 Å². The Balaban J connectivity index is 1.65. The van der Waals surface area contributed by atoms with E-state index in [2.05, 4.69) is 6.58 Å². The van der Waals surface area contributed by atoms with Crippen molar-refractivity contribution in [2.24, 2.45) is 11.3 Å². The number of aliphatic carboxylic acids is 1. The molecule has 0 saturated carbocycles. The van der Waals surface area contributed by atoms with E-state index in [-0.39, 0.29) is 12.5 Å². The Morgan fingerprint density at radius 1 is 1.13 bits per heavy atom. The molecule has 3 atom stereocenters. The predicted octanol–water partition coefficient (Wildman–Crippen LogP) is 7.08. The number of carbonyl (C=O) groups is 1. The summed E-state index contributed by atoms with van der Waals surface area (Å²) < 4.78 is 26.3. The molecule has 0 saturated heterocycles. The fraction of sp³-hybridized carbons (Fsp3) is 0.344. The van der Waals surface area contributed by atoms with Crippen LogP contribution in [0.3, 0.4) is 0 Å². The van der Waals surface area contributed by atoms with Crippen molar-refractivity contribution >= 4 is 5.97 Å². The van der Waals surface area contributed by atoms with E-state index >= 15 is 0 Å². The van der Waals surface area contributed by atoms with Crippen LogP contribution in [0.5, 0.6) is 11.5 Å². The number of ether oxygens (including phenoxy) is 2. The summed E-state index contributed by atoms with van der Waals surface area (Å²) in [5.41, 5.74) is 3.80. The smallest absolute Gasteiger partial charge is 0.306 e. The number of methoxy groups -OCH3 is 1. The molecular formula is C32H35FO5. The highest BCUT2D eigenvalue weighted by molar-refractivity contribution is 5.72. The number of hydrogen-bond acceptors (Lipinski definition) is 4. The lowest BCUT2D eigenvalue weighted by molar-refractivity contribution is -0.141. The zero-order chi connectivity index (χ0) is 27.6. The molecule has 0 amide bonds. The average Bonchev–Trinajstić information content (AvgIpc) is 3.34. The Morgan fingerprint density at radius 2 is 1.87 bits per heavy atom. The molecule has 200 valence electrons. The van der Waals surface area contributed by atoms with E-state index in [9.17, 15) is 19.4 Å². The van der Waals surface area contributed by atoms with Crippen LogP contribution in [-0.4, -0.2) is 23.3 Å². The second-order valence-corrected chi connectivity index (χ2v) is 10.6. The van der Waals surface area contributed by atoms with E-state index in [0.29, 0.717) is 28.2 Å². The number of halogens is 1. The number of carboxylic acids is 1. The van der Waals surface area contributed by atoms with Crippen molar-refractivity contribution in [2.45, 2.75) is 52.2 Å². The molecule has 0 aliphatic heterocycles. The molecule has 3 aromatic rings. The summed E-state index contributed by atoms with van der Waals surface area (Å²) >= 11 is 0. The third-order valence-corrected chi connectivity index (χ3v) is 7.75. The summed E-state index contributed by atoms with van der Waals surface area (Å²) in [6, 6.07) is 15.9. The Morgan fingerprint density at radius 3 is 2.55 bits per heavy atom. The van der Waals surface area contributed by atoms with Gasteiger partial charge in [0.2, 0.25) is 0 Å². The van der Waals surface area contributed by atoms with E-state index in [4.69, 9.17) is 9.47 Å². The van der Waals surface area contributed by atoms with Crippen molar-refractivity contribution in [1.82, 2.24) is 0 Å². The van der Waals surface area contributed by atoms with Crippen molar-refractivity contribution in [3.63, 3.8) is 0 Å². The highest BCUT2D eigenvalue weighted by Gasteiger charge is 2.32. The molecule has 5 nitrogen and oxygen atoms in total. The largest absolute Gasteiger partial charge is 0.497 e. The van der Waals surface area contributed by atoms with Gasteiger partial charge in [-0.05, 0) is 83.0 Å². The van der Waals surface area contributed by atoms with Crippen molar-refractivity contribution < 1.29 is 28.9 Å². The summed E-state index contributed by atoms with van der Waals surface area (Å²) in [6.45, 7) is 9.59. The Kier molecular flexibility index (Phi) is 7.93. The van der Waals surface area contributed by atoms with Crippen LogP contribution in [0.4, 0.5) is 4.39 Å². The SMILES string of the molecule is C=CC(C)(C)[C@@H](O)c1cc(COc2ccc3c(c2)[C@H]([C@@H](C)C(=O)O)CC3)ccc1-c1cc(OC)ccc1F. The predicted molar refractivity (Wildman–Crippen MR) is 146 cm³/mol. The number of benzene rings is 3. The molecule has 0 heterocycles. The quantitative estimate of drug-likeness (QED) is 0.281. The van der Waals surface area contributed by atoms with Gasteiger partial charge in [0.05, 0.1) is 19.1 Å². The molecule has 0 unspecified atom stereocenters. The van der Waals surface area contributed by atoms with Gasteiger partial charge in [0, 0.05) is 11.0 Å². The summed E-state index contributed by atoms with van der Waals surface area (Å²) in [7, 11) is 1.53. The second-order valence-electron chi connectivity index (χ2n) is 10.6. The van der Waals surface area contributed by atoms with Crippen LogP contribution in [0, 0.1) is 17.2 Å². The third-order valence-electron chi connectivity index (χ3n) is 7.75. The molecule has 2 N–H and O–H groups in total. The number of rotatable bonds is 10. The molecular weight excluding hydrogens is 483 g/mol. The van der Waals surface area contributed by atoms with Crippen molar-refractivity contribution in [2.75, 3.05) is 7.11 Å². The van der Waals surface area contributed by atoms with Gasteiger partial charge >= 0.3 is 5.97 Å². The van der Waals surface area contributed by atoms with Gasteiger partial charge in [-0.3, -0.25) is 4.79 Å². The highest BCUT2D eigenvalue weighted by Crippen LogP contribution is 2.42. The van der Waals surface area contributed by atoms with Crippen LogP contribution in [0.15, 0.2) is 67.3 Å². The van der Waals surface area contributed by atoms with Gasteiger partial charge in [0.15, 0.2) is 0 Å². The van der Waals surface area contributed by atoms with Crippen molar-refractivity contribution in [3.05, 3.63) is 95.3 Å². The molecule has 0 bridgehead atoms. The normalized spacial score (nSPS) is 16.4. The van der Waals surface area contributed by atoms with Gasteiger partial charge in [0.1, 0.15) is 23.9 Å². The Hall–Kier alpha value is -3.64. The third kappa shape index (κ3) is 5.46. The maximum atomic E-state index is 14.9. The van der Waals surface area contributed by atoms with Crippen LogP contribution in [0.25, 0.3) is 11.1 Å². The summed E-state index contributed by atoms with van der Waals surface area (Å²) in [6.07, 6.45) is 2.42. The molecule has 4 rings (SSSR count). The van der Waals surface area contributed by atoms with Crippen LogP contribution in [0.2, 0.25) is 0 Å². The van der Waals surface area contributed by atoms with E-state index in [0.717, 1.165) is 29.5 Å². The molecule has 38 heavy (non-hydrogen) atoms. The maximum absolute atomic E-state index is 14.9. The molecule has 0 radical (unpaired) electrons. The minimum absolute atomic E-state index is 0.0361. The lowest BCUT2D eigenvalue weighted by Crippen LogP contribution is -2.20. The average molecular weight is 519 g/mol. The Bertz CT molecular complexity index is 1350.